The minimum Gasteiger partial charge on any atom is -0.485 e. The first kappa shape index (κ1) is 19.1. The molecular formula is C23H14ClN3O4S. The molecule has 9 heteroatoms. The van der Waals surface area contributed by atoms with E-state index in [4.69, 9.17) is 25.5 Å². The predicted molar refractivity (Wildman–Crippen MR) is 120 cm³/mol. The first-order valence-corrected chi connectivity index (χ1v) is 11.0. The fraction of sp³-hybridized carbons (Fsp3) is 0.0870. The lowest BCUT2D eigenvalue weighted by Gasteiger charge is -2.24. The van der Waals surface area contributed by atoms with Gasteiger partial charge in [0.2, 0.25) is 4.96 Å². The molecule has 0 aliphatic carbocycles. The number of hydrogen-bond acceptors (Lipinski definition) is 7. The van der Waals surface area contributed by atoms with Crippen LogP contribution in [0.15, 0.2) is 69.9 Å². The number of thiazole rings is 1. The van der Waals surface area contributed by atoms with E-state index in [9.17, 15) is 4.79 Å². The number of halogens is 1. The molecule has 0 radical (unpaired) electrons. The summed E-state index contributed by atoms with van der Waals surface area (Å²) in [5, 5.41) is 5.03. The standard InChI is InChI=1S/C23H14ClN3O4S/c24-14-7-5-13(6-8-14)16-10-9-15(30-16)11-20-22(28)27-23(32-20)25-21(26-27)19-12-29-17-3-1-2-4-18(17)31-19/h1-11,19H,12H2. The Labute approximate surface area is 190 Å². The molecule has 158 valence electrons. The molecule has 5 aromatic rings. The summed E-state index contributed by atoms with van der Waals surface area (Å²) in [7, 11) is 0. The molecule has 0 N–H and O–H groups in total. The van der Waals surface area contributed by atoms with E-state index in [1.807, 2.05) is 48.5 Å². The maximum Gasteiger partial charge on any atom is 0.291 e. The molecule has 0 spiro atoms. The maximum absolute atomic E-state index is 12.9. The van der Waals surface area contributed by atoms with Gasteiger partial charge in [-0.05, 0) is 48.5 Å². The van der Waals surface area contributed by atoms with Gasteiger partial charge >= 0.3 is 0 Å². The zero-order chi connectivity index (χ0) is 21.7. The minimum absolute atomic E-state index is 0.259. The van der Waals surface area contributed by atoms with Crippen molar-refractivity contribution in [1.29, 1.82) is 0 Å². The van der Waals surface area contributed by atoms with Gasteiger partial charge in [0, 0.05) is 16.7 Å². The number of furan rings is 1. The summed E-state index contributed by atoms with van der Waals surface area (Å²) in [5.74, 6) is 2.99. The molecule has 1 unspecified atom stereocenters. The van der Waals surface area contributed by atoms with Gasteiger partial charge in [0.1, 0.15) is 22.7 Å². The molecule has 0 amide bonds. The van der Waals surface area contributed by atoms with Crippen LogP contribution in [0.3, 0.4) is 0 Å². The van der Waals surface area contributed by atoms with E-state index < -0.39 is 6.10 Å². The minimum atomic E-state index is -0.476. The van der Waals surface area contributed by atoms with Crippen LogP contribution in [0, 0.1) is 0 Å². The summed E-state index contributed by atoms with van der Waals surface area (Å²) in [4.78, 5) is 17.8. The third kappa shape index (κ3) is 3.34. The van der Waals surface area contributed by atoms with Crippen LogP contribution in [0.5, 0.6) is 11.5 Å². The smallest absolute Gasteiger partial charge is 0.291 e. The molecule has 2 aromatic carbocycles. The van der Waals surface area contributed by atoms with Gasteiger partial charge in [-0.15, -0.1) is 5.10 Å². The predicted octanol–water partition coefficient (Wildman–Crippen LogP) is 4.12. The second-order valence-corrected chi connectivity index (χ2v) is 8.60. The molecule has 7 nitrogen and oxygen atoms in total. The Morgan fingerprint density at radius 2 is 1.88 bits per heavy atom. The van der Waals surface area contributed by atoms with Crippen molar-refractivity contribution in [2.45, 2.75) is 6.10 Å². The number of rotatable bonds is 3. The summed E-state index contributed by atoms with van der Waals surface area (Å²) in [6.45, 7) is 0.280. The molecule has 1 atom stereocenters. The zero-order valence-corrected chi connectivity index (χ0v) is 18.0. The molecule has 0 saturated carbocycles. The highest BCUT2D eigenvalue weighted by atomic mass is 35.5. The van der Waals surface area contributed by atoms with Crippen molar-refractivity contribution in [2.75, 3.05) is 6.61 Å². The summed E-state index contributed by atoms with van der Waals surface area (Å²) in [6, 6.07) is 18.5. The molecule has 0 bridgehead atoms. The van der Waals surface area contributed by atoms with Gasteiger partial charge in [0.15, 0.2) is 23.4 Å². The van der Waals surface area contributed by atoms with E-state index in [1.54, 1.807) is 18.2 Å². The van der Waals surface area contributed by atoms with E-state index >= 15 is 0 Å². The average molecular weight is 464 g/mol. The summed E-state index contributed by atoms with van der Waals surface area (Å²) >= 11 is 7.18. The van der Waals surface area contributed by atoms with Crippen molar-refractivity contribution >= 4 is 34.0 Å². The van der Waals surface area contributed by atoms with Crippen molar-refractivity contribution < 1.29 is 13.9 Å². The second kappa shape index (κ2) is 7.51. The van der Waals surface area contributed by atoms with Gasteiger partial charge in [-0.1, -0.05) is 35.1 Å². The van der Waals surface area contributed by atoms with Gasteiger partial charge in [0.25, 0.3) is 5.56 Å². The maximum atomic E-state index is 12.9. The Morgan fingerprint density at radius 3 is 2.69 bits per heavy atom. The largest absolute Gasteiger partial charge is 0.485 e. The monoisotopic (exact) mass is 463 g/mol. The molecule has 0 fully saturated rings. The number of aromatic nitrogens is 3. The average Bonchev–Trinajstić information content (AvgIpc) is 3.52. The highest BCUT2D eigenvalue weighted by molar-refractivity contribution is 7.15. The Bertz CT molecular complexity index is 1550. The molecule has 0 saturated heterocycles. The lowest BCUT2D eigenvalue weighted by Crippen LogP contribution is -2.26. The van der Waals surface area contributed by atoms with E-state index in [2.05, 4.69) is 10.1 Å². The van der Waals surface area contributed by atoms with Crippen molar-refractivity contribution in [1.82, 2.24) is 14.6 Å². The topological polar surface area (TPSA) is 78.9 Å². The molecule has 1 aliphatic rings. The SMILES string of the molecule is O=c1c(=Cc2ccc(-c3ccc(Cl)cc3)o2)sc2nc(C3COc4ccccc4O3)nn12. The van der Waals surface area contributed by atoms with Gasteiger partial charge in [-0.2, -0.15) is 9.50 Å². The lowest BCUT2D eigenvalue weighted by molar-refractivity contribution is 0.0852. The first-order chi connectivity index (χ1) is 15.6. The van der Waals surface area contributed by atoms with E-state index in [1.165, 1.54) is 15.9 Å². The van der Waals surface area contributed by atoms with Gasteiger partial charge in [0.05, 0.1) is 0 Å². The third-order valence-electron chi connectivity index (χ3n) is 5.02. The van der Waals surface area contributed by atoms with Crippen LogP contribution >= 0.6 is 22.9 Å². The molecular weight excluding hydrogens is 450 g/mol. The van der Waals surface area contributed by atoms with Crippen LogP contribution in [0.25, 0.3) is 22.4 Å². The van der Waals surface area contributed by atoms with Crippen molar-refractivity contribution in [3.8, 4) is 22.8 Å². The van der Waals surface area contributed by atoms with E-state index in [0.717, 1.165) is 5.56 Å². The van der Waals surface area contributed by atoms with Crippen molar-refractivity contribution in [3.05, 3.63) is 92.2 Å². The van der Waals surface area contributed by atoms with Gasteiger partial charge < -0.3 is 13.9 Å². The Balaban J connectivity index is 1.30. The Hall–Kier alpha value is -3.62. The number of hydrogen-bond donors (Lipinski definition) is 0. The summed E-state index contributed by atoms with van der Waals surface area (Å²) in [6.07, 6.45) is 1.22. The molecule has 3 aromatic heterocycles. The van der Waals surface area contributed by atoms with Gasteiger partial charge in [-0.3, -0.25) is 4.79 Å². The van der Waals surface area contributed by atoms with Crippen molar-refractivity contribution in [2.24, 2.45) is 0 Å². The number of fused-ring (bicyclic) bond motifs is 2. The van der Waals surface area contributed by atoms with E-state index in [-0.39, 0.29) is 12.2 Å². The van der Waals surface area contributed by atoms with Gasteiger partial charge in [-0.25, -0.2) is 0 Å². The second-order valence-electron chi connectivity index (χ2n) is 7.15. The highest BCUT2D eigenvalue weighted by Gasteiger charge is 2.27. The third-order valence-corrected chi connectivity index (χ3v) is 6.23. The zero-order valence-electron chi connectivity index (χ0n) is 16.4. The van der Waals surface area contributed by atoms with Crippen LogP contribution < -0.4 is 19.6 Å². The molecule has 4 heterocycles. The Morgan fingerprint density at radius 1 is 1.06 bits per heavy atom. The lowest BCUT2D eigenvalue weighted by atomic mass is 10.2. The molecule has 6 rings (SSSR count). The van der Waals surface area contributed by atoms with E-state index in [0.29, 0.717) is 43.4 Å². The quantitative estimate of drug-likeness (QED) is 0.400. The van der Waals surface area contributed by atoms with Crippen molar-refractivity contribution in [3.63, 3.8) is 0 Å². The van der Waals surface area contributed by atoms with Crippen LogP contribution in [-0.4, -0.2) is 21.2 Å². The number of benzene rings is 2. The van der Waals surface area contributed by atoms with Crippen LogP contribution in [0.1, 0.15) is 17.7 Å². The number of ether oxygens (including phenoxy) is 2. The molecule has 32 heavy (non-hydrogen) atoms. The molecule has 1 aliphatic heterocycles. The summed E-state index contributed by atoms with van der Waals surface area (Å²) in [5.41, 5.74) is 0.644. The fourth-order valence-electron chi connectivity index (χ4n) is 3.46. The first-order valence-electron chi connectivity index (χ1n) is 9.79. The number of nitrogens with zero attached hydrogens (tertiary/aromatic N) is 3. The Kier molecular flexibility index (Phi) is 4.48. The summed E-state index contributed by atoms with van der Waals surface area (Å²) < 4.78 is 19.3. The normalized spacial score (nSPS) is 16.0. The van der Waals surface area contributed by atoms with Crippen LogP contribution in [0.4, 0.5) is 0 Å². The highest BCUT2D eigenvalue weighted by Crippen LogP contribution is 2.35. The number of para-hydroxylation sites is 2. The van der Waals surface area contributed by atoms with Crippen LogP contribution in [-0.2, 0) is 0 Å². The van der Waals surface area contributed by atoms with Crippen LogP contribution in [0.2, 0.25) is 5.02 Å². The fourth-order valence-corrected chi connectivity index (χ4v) is 4.48.